The zero-order valence-corrected chi connectivity index (χ0v) is 11.9. The van der Waals surface area contributed by atoms with Gasteiger partial charge in [0.05, 0.1) is 19.3 Å². The Balaban J connectivity index is 1.66. The van der Waals surface area contributed by atoms with Crippen LogP contribution in [-0.4, -0.2) is 55.3 Å². The number of nitrogens with one attached hydrogen (secondary N) is 1. The Morgan fingerprint density at radius 3 is 2.90 bits per heavy atom. The van der Waals surface area contributed by atoms with Gasteiger partial charge in [0, 0.05) is 32.6 Å². The molecule has 1 amide bonds. The van der Waals surface area contributed by atoms with E-state index in [-0.39, 0.29) is 11.7 Å². The van der Waals surface area contributed by atoms with E-state index in [1.165, 1.54) is 12.1 Å². The maximum atomic E-state index is 13.0. The highest BCUT2D eigenvalue weighted by Gasteiger charge is 2.16. The summed E-state index contributed by atoms with van der Waals surface area (Å²) in [5.74, 6) is -0.278. The van der Waals surface area contributed by atoms with Crippen molar-refractivity contribution in [3.05, 3.63) is 35.6 Å². The number of aliphatic hydroxyl groups is 1. The molecule has 2 N–H and O–H groups in total. The molecule has 0 bridgehead atoms. The van der Waals surface area contributed by atoms with Crippen LogP contribution >= 0.6 is 0 Å². The van der Waals surface area contributed by atoms with Crippen molar-refractivity contribution in [2.45, 2.75) is 12.5 Å². The summed E-state index contributed by atoms with van der Waals surface area (Å²) >= 11 is 0. The van der Waals surface area contributed by atoms with Gasteiger partial charge in [0.1, 0.15) is 5.82 Å². The Labute approximate surface area is 123 Å². The highest BCUT2D eigenvalue weighted by atomic mass is 19.1. The molecule has 0 aromatic heterocycles. The van der Waals surface area contributed by atoms with Crippen molar-refractivity contribution >= 4 is 5.91 Å². The number of carbonyl (C=O) groups is 1. The molecule has 2 rings (SSSR count). The van der Waals surface area contributed by atoms with E-state index in [0.717, 1.165) is 0 Å². The minimum atomic E-state index is -0.779. The molecule has 1 heterocycles. The van der Waals surface area contributed by atoms with Gasteiger partial charge in [-0.25, -0.2) is 4.39 Å². The lowest BCUT2D eigenvalue weighted by Gasteiger charge is -2.27. The molecule has 6 heteroatoms. The summed E-state index contributed by atoms with van der Waals surface area (Å²) in [5.41, 5.74) is 0.530. The third kappa shape index (κ3) is 5.08. The van der Waals surface area contributed by atoms with Crippen LogP contribution in [0.25, 0.3) is 0 Å². The third-order valence-electron chi connectivity index (χ3n) is 3.45. The van der Waals surface area contributed by atoms with Crippen molar-refractivity contribution in [3.8, 4) is 0 Å². The zero-order chi connectivity index (χ0) is 15.1. The zero-order valence-electron chi connectivity index (χ0n) is 11.9. The molecular formula is C15H21FN2O3. The van der Waals surface area contributed by atoms with E-state index in [1.807, 2.05) is 0 Å². The summed E-state index contributed by atoms with van der Waals surface area (Å²) in [6, 6.07) is 5.89. The highest BCUT2D eigenvalue weighted by molar-refractivity contribution is 5.76. The summed E-state index contributed by atoms with van der Waals surface area (Å²) in [5, 5.41) is 12.9. The number of nitrogens with zero attached hydrogens (tertiary/aromatic N) is 1. The van der Waals surface area contributed by atoms with Crippen LogP contribution in [-0.2, 0) is 9.53 Å². The van der Waals surface area contributed by atoms with Crippen molar-refractivity contribution in [1.82, 2.24) is 10.2 Å². The van der Waals surface area contributed by atoms with Gasteiger partial charge in [0.2, 0.25) is 5.91 Å². The maximum Gasteiger partial charge on any atom is 0.224 e. The monoisotopic (exact) mass is 296 g/mol. The molecule has 1 aliphatic heterocycles. The Bertz CT molecular complexity index is 464. The summed E-state index contributed by atoms with van der Waals surface area (Å²) in [6.45, 7) is 3.26. The number of aliphatic hydroxyl groups excluding tert-OH is 1. The van der Waals surface area contributed by atoms with E-state index >= 15 is 0 Å². The number of rotatable bonds is 6. The Morgan fingerprint density at radius 2 is 2.19 bits per heavy atom. The third-order valence-corrected chi connectivity index (χ3v) is 3.45. The van der Waals surface area contributed by atoms with Gasteiger partial charge in [-0.3, -0.25) is 4.79 Å². The van der Waals surface area contributed by atoms with Gasteiger partial charge >= 0.3 is 0 Å². The molecule has 1 fully saturated rings. The lowest BCUT2D eigenvalue weighted by Crippen LogP contribution is -2.41. The van der Waals surface area contributed by atoms with Gasteiger partial charge in [-0.15, -0.1) is 0 Å². The molecule has 1 saturated heterocycles. The molecule has 0 aliphatic carbocycles. The number of amides is 1. The summed E-state index contributed by atoms with van der Waals surface area (Å²) in [4.78, 5) is 13.7. The first-order chi connectivity index (χ1) is 10.2. The largest absolute Gasteiger partial charge is 0.387 e. The quantitative estimate of drug-likeness (QED) is 0.759. The van der Waals surface area contributed by atoms with Crippen LogP contribution in [0.1, 0.15) is 18.1 Å². The molecule has 0 spiro atoms. The van der Waals surface area contributed by atoms with E-state index < -0.39 is 6.10 Å². The molecule has 1 aromatic carbocycles. The molecule has 1 aromatic rings. The smallest absolute Gasteiger partial charge is 0.224 e. The lowest BCUT2D eigenvalue weighted by molar-refractivity contribution is -0.135. The second-order valence-corrected chi connectivity index (χ2v) is 5.02. The number of ether oxygens (including phenoxy) is 1. The highest BCUT2D eigenvalue weighted by Crippen LogP contribution is 2.12. The minimum Gasteiger partial charge on any atom is -0.387 e. The van der Waals surface area contributed by atoms with Crippen molar-refractivity contribution in [2.24, 2.45) is 0 Å². The first-order valence-electron chi connectivity index (χ1n) is 7.16. The van der Waals surface area contributed by atoms with Crippen LogP contribution in [0, 0.1) is 5.82 Å². The Morgan fingerprint density at radius 1 is 1.43 bits per heavy atom. The second-order valence-electron chi connectivity index (χ2n) is 5.02. The van der Waals surface area contributed by atoms with Crippen molar-refractivity contribution in [1.29, 1.82) is 0 Å². The van der Waals surface area contributed by atoms with Crippen molar-refractivity contribution < 1.29 is 19.0 Å². The number of carbonyl (C=O) groups excluding carboxylic acids is 1. The van der Waals surface area contributed by atoms with Gasteiger partial charge in [0.25, 0.3) is 0 Å². The molecule has 21 heavy (non-hydrogen) atoms. The van der Waals surface area contributed by atoms with Gasteiger partial charge < -0.3 is 20.1 Å². The van der Waals surface area contributed by atoms with Crippen LogP contribution < -0.4 is 5.32 Å². The van der Waals surface area contributed by atoms with E-state index in [1.54, 1.807) is 17.0 Å². The van der Waals surface area contributed by atoms with Gasteiger partial charge in [0.15, 0.2) is 0 Å². The molecule has 1 aliphatic rings. The predicted molar refractivity (Wildman–Crippen MR) is 76.2 cm³/mol. The molecule has 1 atom stereocenters. The van der Waals surface area contributed by atoms with Crippen molar-refractivity contribution in [2.75, 3.05) is 39.4 Å². The summed E-state index contributed by atoms with van der Waals surface area (Å²) < 4.78 is 18.2. The van der Waals surface area contributed by atoms with E-state index in [9.17, 15) is 14.3 Å². The molecule has 1 unspecified atom stereocenters. The fourth-order valence-corrected chi connectivity index (χ4v) is 2.24. The number of benzene rings is 1. The normalized spacial score (nSPS) is 16.8. The van der Waals surface area contributed by atoms with E-state index in [4.69, 9.17) is 4.74 Å². The van der Waals surface area contributed by atoms with Crippen LogP contribution in [0.5, 0.6) is 0 Å². The average molecular weight is 296 g/mol. The van der Waals surface area contributed by atoms with Gasteiger partial charge in [-0.2, -0.15) is 0 Å². The van der Waals surface area contributed by atoms with Crippen molar-refractivity contribution in [3.63, 3.8) is 0 Å². The topological polar surface area (TPSA) is 61.8 Å². The Hall–Kier alpha value is -1.50. The molecule has 0 saturated carbocycles. The van der Waals surface area contributed by atoms with E-state index in [2.05, 4.69) is 5.32 Å². The van der Waals surface area contributed by atoms with Crippen LogP contribution in [0.4, 0.5) is 4.39 Å². The maximum absolute atomic E-state index is 13.0. The summed E-state index contributed by atoms with van der Waals surface area (Å²) in [6.07, 6.45) is -0.394. The molecule has 0 radical (unpaired) electrons. The van der Waals surface area contributed by atoms with Gasteiger partial charge in [-0.05, 0) is 17.7 Å². The minimum absolute atomic E-state index is 0.0889. The predicted octanol–water partition coefficient (Wildman–Crippen LogP) is 0.698. The fourth-order valence-electron chi connectivity index (χ4n) is 2.24. The number of halogens is 1. The summed E-state index contributed by atoms with van der Waals surface area (Å²) in [7, 11) is 0. The van der Waals surface area contributed by atoms with Crippen LogP contribution in [0.3, 0.4) is 0 Å². The number of hydrogen-bond acceptors (Lipinski definition) is 4. The molecule has 5 nitrogen and oxygen atoms in total. The van der Waals surface area contributed by atoms with Gasteiger partial charge in [-0.1, -0.05) is 12.1 Å². The molecular weight excluding hydrogens is 275 g/mol. The molecule has 116 valence electrons. The standard InChI is InChI=1S/C15H21FN2O3/c16-13-3-1-2-12(10-13)14(19)11-17-5-4-15(20)18-6-8-21-9-7-18/h1-3,10,14,17,19H,4-9,11H2. The lowest BCUT2D eigenvalue weighted by atomic mass is 10.1. The van der Waals surface area contributed by atoms with Crippen LogP contribution in [0.2, 0.25) is 0 Å². The first-order valence-corrected chi connectivity index (χ1v) is 7.16. The fraction of sp³-hybridized carbons (Fsp3) is 0.533. The second kappa shape index (κ2) is 8.07. The number of hydrogen-bond donors (Lipinski definition) is 2. The number of morpholine rings is 1. The average Bonchev–Trinajstić information content (AvgIpc) is 2.52. The first kappa shape index (κ1) is 15.9. The van der Waals surface area contributed by atoms with E-state index in [0.29, 0.717) is 51.4 Å². The Kier molecular flexibility index (Phi) is 6.10. The van der Waals surface area contributed by atoms with Crippen LogP contribution in [0.15, 0.2) is 24.3 Å². The SMILES string of the molecule is O=C(CCNCC(O)c1cccc(F)c1)N1CCOCC1.